The molecule has 0 radical (unpaired) electrons. The fraction of sp³-hybridized carbons (Fsp3) is 0.708. The standard InChI is InChI=1S/C24H38ClO2P/c1-21(2,3)14-13-15-16(19(25)17(14)22(4,5)6)18(23(7,8)9)20(24(10,11)12)28-27-26-15/h13,18H,1-12H3. The molecule has 1 aliphatic heterocycles. The number of hydrogen-bond donors (Lipinski definition) is 0. The third-order valence-corrected chi connectivity index (χ3v) is 6.95. The molecule has 4 heteroatoms. The Labute approximate surface area is 179 Å². The monoisotopic (exact) mass is 424 g/mol. The van der Waals surface area contributed by atoms with Crippen molar-refractivity contribution in [3.63, 3.8) is 0 Å². The summed E-state index contributed by atoms with van der Waals surface area (Å²) in [6, 6.07) is 2.17. The number of benzene rings is 1. The molecule has 1 atom stereocenters. The van der Waals surface area contributed by atoms with E-state index in [9.17, 15) is 0 Å². The second-order valence-corrected chi connectivity index (χ2v) is 13.4. The lowest BCUT2D eigenvalue weighted by molar-refractivity contribution is -0.0815. The first-order valence-electron chi connectivity index (χ1n) is 10.2. The van der Waals surface area contributed by atoms with E-state index in [1.54, 1.807) is 0 Å². The molecule has 0 spiro atoms. The van der Waals surface area contributed by atoms with Gasteiger partial charge in [0.25, 0.3) is 0 Å². The van der Waals surface area contributed by atoms with Crippen molar-refractivity contribution in [2.75, 3.05) is 0 Å². The maximum Gasteiger partial charge on any atom is 0.171 e. The molecule has 1 aromatic carbocycles. The van der Waals surface area contributed by atoms with E-state index >= 15 is 0 Å². The molecule has 0 amide bonds. The maximum atomic E-state index is 7.26. The van der Waals surface area contributed by atoms with E-state index in [0.717, 1.165) is 24.8 Å². The lowest BCUT2D eigenvalue weighted by atomic mass is 9.66. The van der Waals surface area contributed by atoms with E-state index in [0.29, 0.717) is 0 Å². The molecule has 0 saturated carbocycles. The molecule has 0 aromatic heterocycles. The highest BCUT2D eigenvalue weighted by Gasteiger charge is 2.43. The molecule has 2 nitrogen and oxygen atoms in total. The summed E-state index contributed by atoms with van der Waals surface area (Å²) >= 11 is 7.26. The van der Waals surface area contributed by atoms with Gasteiger partial charge in [-0.05, 0) is 44.1 Å². The number of rotatable bonds is 0. The first-order valence-corrected chi connectivity index (χ1v) is 11.3. The minimum atomic E-state index is -0.0794. The molecular formula is C24H38ClO2P. The highest BCUT2D eigenvalue weighted by atomic mass is 35.5. The van der Waals surface area contributed by atoms with Crippen LogP contribution < -0.4 is 4.89 Å². The average Bonchev–Trinajstić information content (AvgIpc) is 2.63. The van der Waals surface area contributed by atoms with Crippen LogP contribution in [0.4, 0.5) is 0 Å². The van der Waals surface area contributed by atoms with Crippen molar-refractivity contribution >= 4 is 25.3 Å². The number of fused-ring (bicyclic) bond motifs is 1. The maximum absolute atomic E-state index is 7.26. The fourth-order valence-corrected chi connectivity index (χ4v) is 5.69. The predicted molar refractivity (Wildman–Crippen MR) is 124 cm³/mol. The van der Waals surface area contributed by atoms with Crippen LogP contribution in [0.15, 0.2) is 6.07 Å². The topological polar surface area (TPSA) is 18.5 Å². The third-order valence-electron chi connectivity index (χ3n) is 5.28. The van der Waals surface area contributed by atoms with Gasteiger partial charge in [0.1, 0.15) is 8.43 Å². The highest BCUT2D eigenvalue weighted by Crippen LogP contribution is 2.54. The summed E-state index contributed by atoms with van der Waals surface area (Å²) in [5.74, 6) is 0.892. The normalized spacial score (nSPS) is 19.5. The van der Waals surface area contributed by atoms with Gasteiger partial charge in [-0.15, -0.1) is 4.67 Å². The molecule has 1 unspecified atom stereocenters. The summed E-state index contributed by atoms with van der Waals surface area (Å²) in [4.78, 5) is 5.87. The average molecular weight is 425 g/mol. The van der Waals surface area contributed by atoms with Crippen molar-refractivity contribution in [3.05, 3.63) is 27.8 Å². The largest absolute Gasteiger partial charge is 0.328 e. The Bertz CT molecular complexity index is 781. The molecular weight excluding hydrogens is 387 g/mol. The molecule has 2 rings (SSSR count). The van der Waals surface area contributed by atoms with Crippen LogP contribution in [-0.4, -0.2) is 5.29 Å². The van der Waals surface area contributed by atoms with Crippen LogP contribution in [0.3, 0.4) is 0 Å². The Balaban J connectivity index is 2.98. The lowest BCUT2D eigenvalue weighted by Crippen LogP contribution is -2.34. The second kappa shape index (κ2) is 7.29. The van der Waals surface area contributed by atoms with E-state index in [4.69, 9.17) is 21.2 Å². The van der Waals surface area contributed by atoms with Crippen LogP contribution in [0.2, 0.25) is 5.02 Å². The molecule has 158 valence electrons. The molecule has 1 aromatic rings. The number of halogens is 1. The zero-order valence-corrected chi connectivity index (χ0v) is 21.4. The molecule has 28 heavy (non-hydrogen) atoms. The highest BCUT2D eigenvalue weighted by molar-refractivity contribution is 7.35. The predicted octanol–water partition coefficient (Wildman–Crippen LogP) is 8.47. The van der Waals surface area contributed by atoms with Crippen LogP contribution >= 0.6 is 20.0 Å². The van der Waals surface area contributed by atoms with Crippen LogP contribution in [0, 0.1) is 10.8 Å². The van der Waals surface area contributed by atoms with Gasteiger partial charge in [0.05, 0.1) is 5.02 Å². The van der Waals surface area contributed by atoms with Crippen molar-refractivity contribution in [2.45, 2.75) is 99.8 Å². The van der Waals surface area contributed by atoms with Crippen LogP contribution in [0.5, 0.6) is 5.75 Å². The third kappa shape index (κ3) is 4.61. The van der Waals surface area contributed by atoms with Crippen molar-refractivity contribution in [2.24, 2.45) is 10.8 Å². The SMILES string of the molecule is CC(C)(C)C1=POOc2cc(C(C)(C)C)c(C(C)(C)C)c(Cl)c2C1C(C)(C)C. The van der Waals surface area contributed by atoms with Gasteiger partial charge in [0.15, 0.2) is 5.75 Å². The minimum absolute atomic E-state index is 0.0243. The van der Waals surface area contributed by atoms with Gasteiger partial charge in [-0.2, -0.15) is 0 Å². The van der Waals surface area contributed by atoms with E-state index < -0.39 is 0 Å². The number of hydrogen-bond acceptors (Lipinski definition) is 2. The summed E-state index contributed by atoms with van der Waals surface area (Å²) in [6.45, 7) is 26.9. The van der Waals surface area contributed by atoms with Gasteiger partial charge in [-0.1, -0.05) is 94.7 Å². The Morgan fingerprint density at radius 2 is 1.36 bits per heavy atom. The quantitative estimate of drug-likeness (QED) is 0.307. The smallest absolute Gasteiger partial charge is 0.171 e. The van der Waals surface area contributed by atoms with Gasteiger partial charge in [-0.3, -0.25) is 0 Å². The molecule has 0 fully saturated rings. The van der Waals surface area contributed by atoms with Gasteiger partial charge in [0, 0.05) is 11.5 Å². The Morgan fingerprint density at radius 3 is 1.75 bits per heavy atom. The summed E-state index contributed by atoms with van der Waals surface area (Å²) in [7, 11) is 0.770. The van der Waals surface area contributed by atoms with E-state index in [1.165, 1.54) is 16.4 Å². The van der Waals surface area contributed by atoms with Crippen LogP contribution in [0.25, 0.3) is 0 Å². The van der Waals surface area contributed by atoms with Crippen molar-refractivity contribution in [1.29, 1.82) is 0 Å². The summed E-state index contributed by atoms with van der Waals surface area (Å²) in [5.41, 5.74) is 3.32. The van der Waals surface area contributed by atoms with Crippen molar-refractivity contribution in [3.8, 4) is 5.75 Å². The van der Waals surface area contributed by atoms with E-state index in [2.05, 4.69) is 89.2 Å². The minimum Gasteiger partial charge on any atom is -0.328 e. The molecule has 0 N–H and O–H groups in total. The first kappa shape index (κ1) is 23.7. The second-order valence-electron chi connectivity index (χ2n) is 12.2. The lowest BCUT2D eigenvalue weighted by Gasteiger charge is -2.39. The Kier molecular flexibility index (Phi) is 6.18. The molecule has 1 aliphatic rings. The van der Waals surface area contributed by atoms with E-state index in [1.807, 2.05) is 0 Å². The van der Waals surface area contributed by atoms with Crippen LogP contribution in [-0.2, 0) is 15.5 Å². The first-order chi connectivity index (χ1) is 12.4. The molecule has 0 saturated heterocycles. The van der Waals surface area contributed by atoms with Gasteiger partial charge in [0.2, 0.25) is 0 Å². The molecule has 1 heterocycles. The summed E-state index contributed by atoms with van der Waals surface area (Å²) in [5, 5.41) is 2.13. The summed E-state index contributed by atoms with van der Waals surface area (Å²) < 4.78 is 5.71. The zero-order valence-electron chi connectivity index (χ0n) is 19.8. The van der Waals surface area contributed by atoms with Gasteiger partial charge < -0.3 is 4.89 Å². The fourth-order valence-electron chi connectivity index (χ4n) is 4.01. The summed E-state index contributed by atoms with van der Waals surface area (Å²) in [6.07, 6.45) is 0. The van der Waals surface area contributed by atoms with Crippen molar-refractivity contribution < 1.29 is 9.56 Å². The van der Waals surface area contributed by atoms with Gasteiger partial charge >= 0.3 is 0 Å². The zero-order chi connectivity index (χ0) is 21.9. The van der Waals surface area contributed by atoms with Crippen LogP contribution in [0.1, 0.15) is 106 Å². The van der Waals surface area contributed by atoms with Gasteiger partial charge in [-0.25, -0.2) is 0 Å². The molecule has 0 bridgehead atoms. The Hall–Kier alpha value is -0.560. The van der Waals surface area contributed by atoms with Crippen molar-refractivity contribution in [1.82, 2.24) is 0 Å². The molecule has 0 aliphatic carbocycles. The van der Waals surface area contributed by atoms with E-state index in [-0.39, 0.29) is 27.6 Å². The Morgan fingerprint density at radius 1 is 0.821 bits per heavy atom.